The van der Waals surface area contributed by atoms with Crippen molar-refractivity contribution in [2.45, 2.75) is 32.8 Å². The molecule has 4 aromatic rings. The lowest BCUT2D eigenvalue weighted by molar-refractivity contribution is 0.0302. The quantitative estimate of drug-likeness (QED) is 0.248. The SMILES string of the molecule is CC(C)(C)c1ccc(C(=O)Nc2cccc(-c3c[nH]c(=O)c(Nc4ccc(C(=O)N5CCOCC5)cn4)c3)c2CO)cc1. The number of ether oxygens (including phenoxy) is 1. The zero-order valence-electron chi connectivity index (χ0n) is 24.4. The van der Waals surface area contributed by atoms with E-state index >= 15 is 0 Å². The molecule has 0 bridgehead atoms. The summed E-state index contributed by atoms with van der Waals surface area (Å²) in [6.45, 7) is 8.09. The van der Waals surface area contributed by atoms with Crippen LogP contribution in [0.1, 0.15) is 52.6 Å². The number of carbonyl (C=O) groups excluding carboxylic acids is 2. The minimum atomic E-state index is -0.368. The van der Waals surface area contributed by atoms with E-state index in [1.807, 2.05) is 12.1 Å². The zero-order valence-corrected chi connectivity index (χ0v) is 24.4. The molecule has 1 fully saturated rings. The van der Waals surface area contributed by atoms with E-state index in [-0.39, 0.29) is 35.1 Å². The normalized spacial score (nSPS) is 13.4. The van der Waals surface area contributed by atoms with Gasteiger partial charge in [0.2, 0.25) is 0 Å². The van der Waals surface area contributed by atoms with Crippen LogP contribution in [-0.4, -0.2) is 58.1 Å². The molecule has 222 valence electrons. The largest absolute Gasteiger partial charge is 0.392 e. The number of benzene rings is 2. The van der Waals surface area contributed by atoms with Gasteiger partial charge in [0.15, 0.2) is 0 Å². The molecular weight excluding hydrogens is 546 g/mol. The van der Waals surface area contributed by atoms with Gasteiger partial charge in [-0.2, -0.15) is 0 Å². The summed E-state index contributed by atoms with van der Waals surface area (Å²) in [6, 6.07) is 17.7. The fraction of sp³-hybridized carbons (Fsp3) is 0.273. The van der Waals surface area contributed by atoms with Crippen molar-refractivity contribution in [3.05, 3.63) is 106 Å². The second-order valence-corrected chi connectivity index (χ2v) is 11.4. The van der Waals surface area contributed by atoms with Crippen molar-refractivity contribution < 1.29 is 19.4 Å². The summed E-state index contributed by atoms with van der Waals surface area (Å²) in [7, 11) is 0. The minimum Gasteiger partial charge on any atom is -0.392 e. The van der Waals surface area contributed by atoms with E-state index in [1.165, 1.54) is 6.20 Å². The van der Waals surface area contributed by atoms with Gasteiger partial charge in [-0.25, -0.2) is 4.98 Å². The first-order valence-electron chi connectivity index (χ1n) is 14.1. The van der Waals surface area contributed by atoms with Gasteiger partial charge in [0, 0.05) is 47.9 Å². The molecule has 0 aliphatic carbocycles. The summed E-state index contributed by atoms with van der Waals surface area (Å²) < 4.78 is 5.31. The third-order valence-electron chi connectivity index (χ3n) is 7.38. The van der Waals surface area contributed by atoms with Crippen LogP contribution in [0.25, 0.3) is 11.1 Å². The number of H-pyrrole nitrogens is 1. The van der Waals surface area contributed by atoms with Crippen molar-refractivity contribution in [2.75, 3.05) is 36.9 Å². The highest BCUT2D eigenvalue weighted by Gasteiger charge is 2.20. The topological polar surface area (TPSA) is 137 Å². The van der Waals surface area contributed by atoms with Crippen molar-refractivity contribution in [1.82, 2.24) is 14.9 Å². The van der Waals surface area contributed by atoms with Crippen LogP contribution in [0.4, 0.5) is 17.2 Å². The molecule has 43 heavy (non-hydrogen) atoms. The predicted octanol–water partition coefficient (Wildman–Crippen LogP) is 4.70. The number of pyridine rings is 2. The van der Waals surface area contributed by atoms with E-state index in [2.05, 4.69) is 41.4 Å². The van der Waals surface area contributed by atoms with Gasteiger partial charge in [0.25, 0.3) is 17.4 Å². The maximum absolute atomic E-state index is 13.1. The highest BCUT2D eigenvalue weighted by Crippen LogP contribution is 2.31. The summed E-state index contributed by atoms with van der Waals surface area (Å²) >= 11 is 0. The van der Waals surface area contributed by atoms with Gasteiger partial charge >= 0.3 is 0 Å². The third-order valence-corrected chi connectivity index (χ3v) is 7.38. The van der Waals surface area contributed by atoms with Gasteiger partial charge < -0.3 is 30.4 Å². The van der Waals surface area contributed by atoms with E-state index < -0.39 is 0 Å². The predicted molar refractivity (Wildman–Crippen MR) is 166 cm³/mol. The summed E-state index contributed by atoms with van der Waals surface area (Å²) in [6.07, 6.45) is 3.03. The number of aliphatic hydroxyl groups excluding tert-OH is 1. The average molecular weight is 582 g/mol. The molecule has 0 saturated carbocycles. The molecule has 0 radical (unpaired) electrons. The Morgan fingerprint density at radius 2 is 1.72 bits per heavy atom. The van der Waals surface area contributed by atoms with E-state index in [4.69, 9.17) is 4.74 Å². The molecule has 3 heterocycles. The zero-order chi connectivity index (χ0) is 30.6. The van der Waals surface area contributed by atoms with Crippen molar-refractivity contribution in [1.29, 1.82) is 0 Å². The van der Waals surface area contributed by atoms with Crippen molar-refractivity contribution in [2.24, 2.45) is 0 Å². The first-order chi connectivity index (χ1) is 20.6. The number of anilines is 3. The summed E-state index contributed by atoms with van der Waals surface area (Å²) in [5, 5.41) is 16.2. The first kappa shape index (κ1) is 29.7. The molecule has 1 aliphatic rings. The number of aromatic nitrogens is 2. The standard InChI is InChI=1S/C33H35N5O5/c1-33(2,3)24-10-7-21(8-11-24)30(40)37-27-6-4-5-25(26(27)20-39)23-17-28(31(41)35-19-23)36-29-12-9-22(18-34-29)32(42)38-13-15-43-16-14-38/h4-12,17-19,39H,13-16,20H2,1-3H3,(H,34,36)(H,35,41)(H,37,40). The Labute approximate surface area is 249 Å². The van der Waals surface area contributed by atoms with Gasteiger partial charge in [0.05, 0.1) is 25.4 Å². The van der Waals surface area contributed by atoms with Crippen LogP contribution >= 0.6 is 0 Å². The second-order valence-electron chi connectivity index (χ2n) is 11.4. The third kappa shape index (κ3) is 6.82. The van der Waals surface area contributed by atoms with Crippen LogP contribution in [0.5, 0.6) is 0 Å². The van der Waals surface area contributed by atoms with Crippen molar-refractivity contribution in [3.8, 4) is 11.1 Å². The molecule has 10 heteroatoms. The van der Waals surface area contributed by atoms with Crippen molar-refractivity contribution in [3.63, 3.8) is 0 Å². The Bertz CT molecular complexity index is 1670. The van der Waals surface area contributed by atoms with Crippen LogP contribution in [0.15, 0.2) is 77.9 Å². The molecule has 2 aromatic carbocycles. The summed E-state index contributed by atoms with van der Waals surface area (Å²) in [5.41, 5.74) is 4.14. The van der Waals surface area contributed by atoms with Crippen molar-refractivity contribution >= 4 is 29.0 Å². The van der Waals surface area contributed by atoms with Gasteiger partial charge in [0.1, 0.15) is 11.5 Å². The van der Waals surface area contributed by atoms with E-state index in [0.717, 1.165) is 5.56 Å². The number of hydrogen-bond donors (Lipinski definition) is 4. The highest BCUT2D eigenvalue weighted by atomic mass is 16.5. The number of nitrogens with zero attached hydrogens (tertiary/aromatic N) is 2. The van der Waals surface area contributed by atoms with Gasteiger partial charge in [-0.3, -0.25) is 14.4 Å². The molecule has 0 atom stereocenters. The first-order valence-corrected chi connectivity index (χ1v) is 14.1. The number of nitrogens with one attached hydrogen (secondary N) is 3. The number of hydrogen-bond acceptors (Lipinski definition) is 7. The number of aromatic amines is 1. The lowest BCUT2D eigenvalue weighted by atomic mass is 9.86. The maximum Gasteiger partial charge on any atom is 0.271 e. The minimum absolute atomic E-state index is 0.0284. The number of carbonyl (C=O) groups is 2. The molecule has 1 aliphatic heterocycles. The van der Waals surface area contributed by atoms with E-state index in [9.17, 15) is 19.5 Å². The van der Waals surface area contributed by atoms with Crippen LogP contribution < -0.4 is 16.2 Å². The smallest absolute Gasteiger partial charge is 0.271 e. The van der Waals surface area contributed by atoms with Crippen LogP contribution in [0.3, 0.4) is 0 Å². The lowest BCUT2D eigenvalue weighted by Crippen LogP contribution is -2.40. The Kier molecular flexibility index (Phi) is 8.70. The monoisotopic (exact) mass is 581 g/mol. The maximum atomic E-state index is 13.1. The molecule has 0 spiro atoms. The number of amides is 2. The molecule has 1 saturated heterocycles. The molecule has 10 nitrogen and oxygen atoms in total. The van der Waals surface area contributed by atoms with Gasteiger partial charge in [-0.1, -0.05) is 45.0 Å². The van der Waals surface area contributed by atoms with Gasteiger partial charge in [-0.05, 0) is 52.9 Å². The average Bonchev–Trinajstić information content (AvgIpc) is 3.02. The highest BCUT2D eigenvalue weighted by molar-refractivity contribution is 6.05. The summed E-state index contributed by atoms with van der Waals surface area (Å²) in [4.78, 5) is 47.2. The number of rotatable bonds is 7. The molecule has 4 N–H and O–H groups in total. The Balaban J connectivity index is 1.35. The van der Waals surface area contributed by atoms with Crippen LogP contribution in [0.2, 0.25) is 0 Å². The Hall–Kier alpha value is -4.80. The lowest BCUT2D eigenvalue weighted by Gasteiger charge is -2.26. The second kappa shape index (κ2) is 12.6. The molecule has 0 unspecified atom stereocenters. The molecule has 2 aromatic heterocycles. The van der Waals surface area contributed by atoms with E-state index in [1.54, 1.807) is 59.6 Å². The molecule has 5 rings (SSSR count). The van der Waals surface area contributed by atoms with Crippen LogP contribution in [0, 0.1) is 0 Å². The number of morpholine rings is 1. The fourth-order valence-electron chi connectivity index (χ4n) is 4.87. The Morgan fingerprint density at radius 3 is 2.37 bits per heavy atom. The Morgan fingerprint density at radius 1 is 1.00 bits per heavy atom. The molecular formula is C33H35N5O5. The number of aliphatic hydroxyl groups is 1. The van der Waals surface area contributed by atoms with E-state index in [0.29, 0.717) is 65.6 Å². The van der Waals surface area contributed by atoms with Gasteiger partial charge in [-0.15, -0.1) is 0 Å². The van der Waals surface area contributed by atoms with Crippen LogP contribution in [-0.2, 0) is 16.8 Å². The summed E-state index contributed by atoms with van der Waals surface area (Å²) in [5.74, 6) is -0.0209. The fourth-order valence-corrected chi connectivity index (χ4v) is 4.87. The molecule has 2 amide bonds.